The lowest BCUT2D eigenvalue weighted by Crippen LogP contribution is -2.39. The zero-order valence-electron chi connectivity index (χ0n) is 26.7. The summed E-state index contributed by atoms with van der Waals surface area (Å²) < 4.78 is 21.0. The van der Waals surface area contributed by atoms with Crippen LogP contribution in [0.15, 0.2) is 24.5 Å². The maximum Gasteiger partial charge on any atom is 0.337 e. The second kappa shape index (κ2) is 11.5. The molecule has 4 heterocycles. The second-order valence-corrected chi connectivity index (χ2v) is 13.8. The summed E-state index contributed by atoms with van der Waals surface area (Å²) in [6, 6.07) is 6.39. The molecule has 1 aromatic carbocycles. The van der Waals surface area contributed by atoms with Gasteiger partial charge in [-0.3, -0.25) is 4.98 Å². The number of pyridine rings is 1. The summed E-state index contributed by atoms with van der Waals surface area (Å²) in [6.45, 7) is 18.6. The first-order valence-electron chi connectivity index (χ1n) is 15.2. The van der Waals surface area contributed by atoms with E-state index in [1.165, 1.54) is 11.9 Å². The van der Waals surface area contributed by atoms with Gasteiger partial charge in [0.1, 0.15) is 6.33 Å². The van der Waals surface area contributed by atoms with Crippen LogP contribution in [0.4, 0.5) is 15.9 Å². The number of aliphatic carboxylic acids is 1. The van der Waals surface area contributed by atoms with Gasteiger partial charge in [-0.2, -0.15) is 0 Å². The third-order valence-electron chi connectivity index (χ3n) is 8.72. The predicted octanol–water partition coefficient (Wildman–Crippen LogP) is 6.73. The number of aryl methyl sites for hydroxylation is 3. The van der Waals surface area contributed by atoms with Gasteiger partial charge in [-0.05, 0) is 82.9 Å². The Labute approximate surface area is 254 Å². The summed E-state index contributed by atoms with van der Waals surface area (Å²) in [5.74, 6) is -1.07. The van der Waals surface area contributed by atoms with Crippen molar-refractivity contribution >= 4 is 17.5 Å². The number of aromatic nitrogens is 3. The molecule has 1 fully saturated rings. The number of halogens is 1. The van der Waals surface area contributed by atoms with E-state index in [0.29, 0.717) is 35.9 Å². The minimum Gasteiger partial charge on any atom is -0.479 e. The Balaban J connectivity index is 1.62. The van der Waals surface area contributed by atoms with Gasteiger partial charge >= 0.3 is 5.97 Å². The highest BCUT2D eigenvalue weighted by molar-refractivity contribution is 5.88. The smallest absolute Gasteiger partial charge is 0.337 e. The third-order valence-corrected chi connectivity index (χ3v) is 8.72. The Morgan fingerprint density at radius 1 is 1.00 bits per heavy atom. The van der Waals surface area contributed by atoms with Crippen LogP contribution >= 0.6 is 0 Å². The topological polar surface area (TPSA) is 91.7 Å². The Morgan fingerprint density at radius 3 is 2.35 bits per heavy atom. The minimum atomic E-state index is -1.16. The van der Waals surface area contributed by atoms with Gasteiger partial charge in [0.2, 0.25) is 0 Å². The monoisotopic (exact) mass is 589 g/mol. The molecule has 9 heteroatoms. The molecule has 2 aliphatic rings. The first-order chi connectivity index (χ1) is 20.1. The lowest BCUT2D eigenvalue weighted by atomic mass is 9.81. The number of anilines is 2. The summed E-state index contributed by atoms with van der Waals surface area (Å²) >= 11 is 0. The Bertz CT molecular complexity index is 1540. The molecule has 5 rings (SSSR count). The molecule has 0 spiro atoms. The second-order valence-electron chi connectivity index (χ2n) is 13.8. The molecule has 0 aliphatic carbocycles. The summed E-state index contributed by atoms with van der Waals surface area (Å²) in [6.07, 6.45) is 2.99. The molecule has 0 amide bonds. The van der Waals surface area contributed by atoms with Crippen LogP contribution in [0, 0.1) is 32.0 Å². The predicted molar refractivity (Wildman–Crippen MR) is 167 cm³/mol. The molecule has 43 heavy (non-hydrogen) atoms. The van der Waals surface area contributed by atoms with Crippen molar-refractivity contribution in [2.24, 2.45) is 5.41 Å². The van der Waals surface area contributed by atoms with Crippen LogP contribution in [0.5, 0.6) is 0 Å². The Hall–Kier alpha value is -3.59. The number of nitrogens with zero attached hydrogens (tertiary/aromatic N) is 5. The number of ether oxygens (including phenoxy) is 1. The zero-order chi connectivity index (χ0) is 31.3. The molecule has 1 atom stereocenters. The van der Waals surface area contributed by atoms with E-state index in [0.717, 1.165) is 60.4 Å². The zero-order valence-corrected chi connectivity index (χ0v) is 26.7. The number of benzene rings is 1. The van der Waals surface area contributed by atoms with Gasteiger partial charge in [-0.1, -0.05) is 32.0 Å². The van der Waals surface area contributed by atoms with E-state index in [1.807, 2.05) is 39.5 Å². The number of hydrogen-bond donors (Lipinski definition) is 1. The van der Waals surface area contributed by atoms with Gasteiger partial charge in [0.25, 0.3) is 0 Å². The molecule has 2 aliphatic heterocycles. The van der Waals surface area contributed by atoms with Gasteiger partial charge in [0.05, 0.1) is 17.0 Å². The Morgan fingerprint density at radius 2 is 1.70 bits per heavy atom. The van der Waals surface area contributed by atoms with Crippen LogP contribution in [0.1, 0.15) is 87.3 Å². The molecule has 0 bridgehead atoms. The highest BCUT2D eigenvalue weighted by Crippen LogP contribution is 2.45. The maximum absolute atomic E-state index is 14.8. The number of fused-ring (bicyclic) bond motifs is 1. The van der Waals surface area contributed by atoms with Crippen molar-refractivity contribution in [2.75, 3.05) is 29.4 Å². The first-order valence-corrected chi connectivity index (χ1v) is 15.2. The fraction of sp³-hybridized carbons (Fsp3) is 0.529. The summed E-state index contributed by atoms with van der Waals surface area (Å²) in [5, 5.41) is 10.5. The van der Waals surface area contributed by atoms with E-state index in [4.69, 9.17) is 9.72 Å². The van der Waals surface area contributed by atoms with Crippen molar-refractivity contribution in [2.45, 2.75) is 92.9 Å². The van der Waals surface area contributed by atoms with Crippen LogP contribution in [-0.2, 0) is 22.5 Å². The van der Waals surface area contributed by atoms with Gasteiger partial charge in [0, 0.05) is 48.7 Å². The summed E-state index contributed by atoms with van der Waals surface area (Å²) in [7, 11) is 0. The van der Waals surface area contributed by atoms with Crippen LogP contribution in [0.2, 0.25) is 0 Å². The van der Waals surface area contributed by atoms with Crippen molar-refractivity contribution in [3.63, 3.8) is 0 Å². The highest BCUT2D eigenvalue weighted by atomic mass is 19.1. The minimum absolute atomic E-state index is 0.224. The number of carboxylic acids is 1. The molecule has 0 radical (unpaired) electrons. The number of piperidine rings is 1. The van der Waals surface area contributed by atoms with E-state index in [1.54, 1.807) is 6.92 Å². The normalized spacial score (nSPS) is 17.5. The van der Waals surface area contributed by atoms with E-state index < -0.39 is 17.7 Å². The van der Waals surface area contributed by atoms with Crippen LogP contribution in [-0.4, -0.2) is 51.3 Å². The average molecular weight is 590 g/mol. The number of carboxylic acid groups (broad SMARTS) is 1. The summed E-state index contributed by atoms with van der Waals surface area (Å²) in [5.41, 5.74) is 7.22. The van der Waals surface area contributed by atoms with Crippen molar-refractivity contribution in [1.29, 1.82) is 0 Å². The SMILES string of the molecule is Cc1ncnc(N2CCc3cc(-c4c(C)nc(C)c(C(OC(C)(C)C)C(=O)O)c4N4CCC(C)(C)CC4)ccc3C2)c1F. The van der Waals surface area contributed by atoms with Crippen molar-refractivity contribution in [3.05, 3.63) is 64.1 Å². The van der Waals surface area contributed by atoms with Crippen molar-refractivity contribution in [3.8, 4) is 11.1 Å². The molecule has 1 N–H and O–H groups in total. The number of hydrogen-bond acceptors (Lipinski definition) is 7. The van der Waals surface area contributed by atoms with E-state index in [9.17, 15) is 14.3 Å². The largest absolute Gasteiger partial charge is 0.479 e. The summed E-state index contributed by atoms with van der Waals surface area (Å²) in [4.78, 5) is 30.2. The van der Waals surface area contributed by atoms with Crippen LogP contribution in [0.3, 0.4) is 0 Å². The van der Waals surface area contributed by atoms with Crippen molar-refractivity contribution < 1.29 is 19.0 Å². The quantitative estimate of drug-likeness (QED) is 0.338. The lowest BCUT2D eigenvalue weighted by Gasteiger charge is -2.41. The first kappa shape index (κ1) is 30.9. The lowest BCUT2D eigenvalue weighted by molar-refractivity contribution is -0.160. The average Bonchev–Trinajstić information content (AvgIpc) is 2.92. The highest BCUT2D eigenvalue weighted by Gasteiger charge is 2.36. The molecule has 1 saturated heterocycles. The third kappa shape index (κ3) is 6.37. The van der Waals surface area contributed by atoms with Gasteiger partial charge < -0.3 is 19.6 Å². The number of carbonyl (C=O) groups is 1. The van der Waals surface area contributed by atoms with Crippen LogP contribution < -0.4 is 9.80 Å². The fourth-order valence-electron chi connectivity index (χ4n) is 6.31. The van der Waals surface area contributed by atoms with Crippen LogP contribution in [0.25, 0.3) is 11.1 Å². The maximum atomic E-state index is 14.8. The van der Waals surface area contributed by atoms with Gasteiger partial charge in [-0.15, -0.1) is 0 Å². The van der Waals surface area contributed by atoms with E-state index in [-0.39, 0.29) is 11.2 Å². The van der Waals surface area contributed by atoms with Crippen molar-refractivity contribution in [1.82, 2.24) is 15.0 Å². The molecule has 8 nitrogen and oxygen atoms in total. The van der Waals surface area contributed by atoms with E-state index in [2.05, 4.69) is 46.9 Å². The van der Waals surface area contributed by atoms with Gasteiger partial charge in [-0.25, -0.2) is 19.2 Å². The molecule has 2 aromatic heterocycles. The molecular formula is C34H44FN5O3. The molecule has 3 aromatic rings. The van der Waals surface area contributed by atoms with E-state index >= 15 is 0 Å². The molecule has 230 valence electrons. The standard InChI is InChI=1S/C34H44FN5O3/c1-20-26(24-9-10-25-18-40(14-11-23(25)17-24)31-28(35)22(3)36-19-37-31)29(39-15-12-34(7,8)13-16-39)27(21(2)38-20)30(32(41)42)43-33(4,5)6/h9-10,17,19,30H,11-16,18H2,1-8H3,(H,41,42). The Kier molecular flexibility index (Phi) is 8.24. The fourth-order valence-corrected chi connectivity index (χ4v) is 6.31. The molecule has 1 unspecified atom stereocenters. The molecular weight excluding hydrogens is 545 g/mol. The molecule has 0 saturated carbocycles. The van der Waals surface area contributed by atoms with Gasteiger partial charge in [0.15, 0.2) is 17.7 Å². The number of rotatable bonds is 6.